The third-order valence-electron chi connectivity index (χ3n) is 3.28. The standard InChI is InChI=1S/C17H18N2O/c18-16(20)17(19,15-11-5-2-6-12-15)13-7-10-14-8-3-1-4-9-14/h1-12H,13,19H2,(H2,18,20)/b10-7+. The van der Waals surface area contributed by atoms with Crippen LogP contribution in [0.5, 0.6) is 0 Å². The lowest BCUT2D eigenvalue weighted by Gasteiger charge is -2.25. The highest BCUT2D eigenvalue weighted by atomic mass is 16.1. The van der Waals surface area contributed by atoms with E-state index >= 15 is 0 Å². The molecule has 0 aliphatic rings. The van der Waals surface area contributed by atoms with Crippen LogP contribution in [0.15, 0.2) is 66.7 Å². The average molecular weight is 266 g/mol. The molecule has 1 atom stereocenters. The van der Waals surface area contributed by atoms with Crippen LogP contribution < -0.4 is 11.5 Å². The van der Waals surface area contributed by atoms with E-state index in [1.54, 1.807) is 0 Å². The number of nitrogens with two attached hydrogens (primary N) is 2. The van der Waals surface area contributed by atoms with E-state index in [2.05, 4.69) is 0 Å². The summed E-state index contributed by atoms with van der Waals surface area (Å²) in [7, 11) is 0. The molecule has 0 saturated heterocycles. The molecule has 2 rings (SSSR count). The lowest BCUT2D eigenvalue weighted by molar-refractivity contribution is -0.123. The van der Waals surface area contributed by atoms with E-state index in [0.29, 0.717) is 6.42 Å². The number of primary amides is 1. The Morgan fingerprint density at radius 1 is 1.00 bits per heavy atom. The molecule has 0 aromatic heterocycles. The molecule has 0 aliphatic heterocycles. The van der Waals surface area contributed by atoms with Gasteiger partial charge in [0.2, 0.25) is 5.91 Å². The quantitative estimate of drug-likeness (QED) is 0.872. The molecule has 3 nitrogen and oxygen atoms in total. The highest BCUT2D eigenvalue weighted by Gasteiger charge is 2.32. The van der Waals surface area contributed by atoms with Crippen molar-refractivity contribution in [1.82, 2.24) is 0 Å². The molecule has 1 unspecified atom stereocenters. The van der Waals surface area contributed by atoms with Gasteiger partial charge >= 0.3 is 0 Å². The number of benzene rings is 2. The van der Waals surface area contributed by atoms with Crippen LogP contribution in [0.2, 0.25) is 0 Å². The summed E-state index contributed by atoms with van der Waals surface area (Å²) in [5, 5.41) is 0. The highest BCUT2D eigenvalue weighted by molar-refractivity contribution is 5.86. The summed E-state index contributed by atoms with van der Waals surface area (Å²) in [5.74, 6) is -0.526. The van der Waals surface area contributed by atoms with Crippen molar-refractivity contribution < 1.29 is 4.79 Å². The van der Waals surface area contributed by atoms with Crippen molar-refractivity contribution in [2.45, 2.75) is 12.0 Å². The van der Waals surface area contributed by atoms with Gasteiger partial charge in [-0.1, -0.05) is 72.8 Å². The molecule has 0 bridgehead atoms. The van der Waals surface area contributed by atoms with Gasteiger partial charge in [-0.2, -0.15) is 0 Å². The fourth-order valence-corrected chi connectivity index (χ4v) is 2.04. The Kier molecular flexibility index (Phi) is 4.33. The summed E-state index contributed by atoms with van der Waals surface area (Å²) in [5.41, 5.74) is 12.3. The van der Waals surface area contributed by atoms with Crippen molar-refractivity contribution in [3.63, 3.8) is 0 Å². The summed E-state index contributed by atoms with van der Waals surface area (Å²) < 4.78 is 0. The van der Waals surface area contributed by atoms with E-state index in [9.17, 15) is 4.79 Å². The van der Waals surface area contributed by atoms with Crippen molar-refractivity contribution in [2.75, 3.05) is 0 Å². The summed E-state index contributed by atoms with van der Waals surface area (Å²) >= 11 is 0. The van der Waals surface area contributed by atoms with Gasteiger partial charge in [0.1, 0.15) is 5.54 Å². The molecule has 2 aromatic carbocycles. The molecule has 0 radical (unpaired) electrons. The Balaban J connectivity index is 2.19. The molecular weight excluding hydrogens is 248 g/mol. The second-order valence-corrected chi connectivity index (χ2v) is 4.72. The first-order valence-electron chi connectivity index (χ1n) is 6.49. The molecule has 3 heteroatoms. The van der Waals surface area contributed by atoms with Gasteiger partial charge in [0.05, 0.1) is 0 Å². The first-order chi connectivity index (χ1) is 9.63. The van der Waals surface area contributed by atoms with Gasteiger partial charge in [-0.25, -0.2) is 0 Å². The van der Waals surface area contributed by atoms with Crippen molar-refractivity contribution in [3.05, 3.63) is 77.9 Å². The van der Waals surface area contributed by atoms with Gasteiger partial charge in [-0.05, 0) is 17.5 Å². The topological polar surface area (TPSA) is 69.1 Å². The molecule has 2 aromatic rings. The Bertz CT molecular complexity index is 593. The van der Waals surface area contributed by atoms with Crippen LogP contribution in [0.3, 0.4) is 0 Å². The zero-order chi connectivity index (χ0) is 14.4. The molecular formula is C17H18N2O. The molecule has 0 heterocycles. The Hall–Kier alpha value is -2.39. The zero-order valence-electron chi connectivity index (χ0n) is 11.2. The van der Waals surface area contributed by atoms with Crippen molar-refractivity contribution in [1.29, 1.82) is 0 Å². The summed E-state index contributed by atoms with van der Waals surface area (Å²) in [6.45, 7) is 0. The fraction of sp³-hybridized carbons (Fsp3) is 0.118. The molecule has 1 amide bonds. The Morgan fingerprint density at radius 3 is 2.10 bits per heavy atom. The largest absolute Gasteiger partial charge is 0.368 e. The van der Waals surface area contributed by atoms with Crippen LogP contribution in [0.25, 0.3) is 6.08 Å². The summed E-state index contributed by atoms with van der Waals surface area (Å²) in [4.78, 5) is 11.7. The van der Waals surface area contributed by atoms with Gasteiger partial charge in [-0.3, -0.25) is 4.79 Å². The maximum absolute atomic E-state index is 11.7. The summed E-state index contributed by atoms with van der Waals surface area (Å²) in [6, 6.07) is 19.1. The first kappa shape index (κ1) is 14.0. The zero-order valence-corrected chi connectivity index (χ0v) is 11.2. The minimum absolute atomic E-state index is 0.362. The monoisotopic (exact) mass is 266 g/mol. The van der Waals surface area contributed by atoms with E-state index in [0.717, 1.165) is 11.1 Å². The van der Waals surface area contributed by atoms with Gasteiger partial charge in [0, 0.05) is 0 Å². The highest BCUT2D eigenvalue weighted by Crippen LogP contribution is 2.22. The maximum Gasteiger partial charge on any atom is 0.242 e. The van der Waals surface area contributed by atoms with Crippen LogP contribution in [0, 0.1) is 0 Å². The summed E-state index contributed by atoms with van der Waals surface area (Å²) in [6.07, 6.45) is 4.18. The number of amides is 1. The van der Waals surface area contributed by atoms with Gasteiger partial charge in [0.15, 0.2) is 0 Å². The van der Waals surface area contributed by atoms with Gasteiger partial charge < -0.3 is 11.5 Å². The fourth-order valence-electron chi connectivity index (χ4n) is 2.04. The van der Waals surface area contributed by atoms with Crippen molar-refractivity contribution in [2.24, 2.45) is 11.5 Å². The van der Waals surface area contributed by atoms with E-state index in [1.165, 1.54) is 0 Å². The third kappa shape index (κ3) is 3.13. The molecule has 0 spiro atoms. The molecule has 0 saturated carbocycles. The minimum atomic E-state index is -1.17. The number of carbonyl (C=O) groups excluding carboxylic acids is 1. The molecule has 102 valence electrons. The molecule has 20 heavy (non-hydrogen) atoms. The average Bonchev–Trinajstić information content (AvgIpc) is 2.49. The third-order valence-corrected chi connectivity index (χ3v) is 3.28. The minimum Gasteiger partial charge on any atom is -0.368 e. The van der Waals surface area contributed by atoms with Crippen LogP contribution >= 0.6 is 0 Å². The Morgan fingerprint density at radius 2 is 1.55 bits per heavy atom. The number of hydrogen-bond donors (Lipinski definition) is 2. The predicted octanol–water partition coefficient (Wildman–Crippen LogP) is 2.43. The van der Waals surface area contributed by atoms with Crippen LogP contribution in [-0.4, -0.2) is 5.91 Å². The SMILES string of the molecule is NC(=O)C(N)(C/C=C/c1ccccc1)c1ccccc1. The van der Waals surface area contributed by atoms with Crippen molar-refractivity contribution >= 4 is 12.0 Å². The van der Waals surface area contributed by atoms with E-state index < -0.39 is 11.4 Å². The molecule has 4 N–H and O–H groups in total. The maximum atomic E-state index is 11.7. The van der Waals surface area contributed by atoms with E-state index in [1.807, 2.05) is 72.8 Å². The second kappa shape index (κ2) is 6.17. The lowest BCUT2D eigenvalue weighted by atomic mass is 9.86. The lowest BCUT2D eigenvalue weighted by Crippen LogP contribution is -2.48. The van der Waals surface area contributed by atoms with Gasteiger partial charge in [-0.15, -0.1) is 0 Å². The van der Waals surface area contributed by atoms with Crippen LogP contribution in [0.1, 0.15) is 17.5 Å². The molecule has 0 aliphatic carbocycles. The molecule has 0 fully saturated rings. The number of hydrogen-bond acceptors (Lipinski definition) is 2. The van der Waals surface area contributed by atoms with E-state index in [-0.39, 0.29) is 0 Å². The first-order valence-corrected chi connectivity index (χ1v) is 6.49. The smallest absolute Gasteiger partial charge is 0.242 e. The predicted molar refractivity (Wildman–Crippen MR) is 81.6 cm³/mol. The van der Waals surface area contributed by atoms with Crippen LogP contribution in [-0.2, 0) is 10.3 Å². The number of carbonyl (C=O) groups is 1. The second-order valence-electron chi connectivity index (χ2n) is 4.72. The van der Waals surface area contributed by atoms with E-state index in [4.69, 9.17) is 11.5 Å². The number of rotatable bonds is 5. The van der Waals surface area contributed by atoms with Gasteiger partial charge in [0.25, 0.3) is 0 Å². The Labute approximate surface area is 118 Å². The normalized spacial score (nSPS) is 14.1. The van der Waals surface area contributed by atoms with Crippen molar-refractivity contribution in [3.8, 4) is 0 Å². The van der Waals surface area contributed by atoms with Crippen LogP contribution in [0.4, 0.5) is 0 Å².